The van der Waals surface area contributed by atoms with Crippen molar-refractivity contribution in [2.75, 3.05) is 19.7 Å². The highest BCUT2D eigenvalue weighted by molar-refractivity contribution is 5.85. The molecule has 2 nitrogen and oxygen atoms in total. The average Bonchev–Trinajstić information content (AvgIpc) is 2.33. The summed E-state index contributed by atoms with van der Waals surface area (Å²) in [6.45, 7) is 3.11. The first-order valence-electron chi connectivity index (χ1n) is 5.26. The Bertz CT molecular complexity index is 136. The highest BCUT2D eigenvalue weighted by atomic mass is 35.5. The lowest BCUT2D eigenvalue weighted by Crippen LogP contribution is -2.35. The first kappa shape index (κ1) is 11.3. The Morgan fingerprint density at radius 1 is 0.923 bits per heavy atom. The van der Waals surface area contributed by atoms with Crippen molar-refractivity contribution in [3.05, 3.63) is 0 Å². The predicted octanol–water partition coefficient (Wildman–Crippen LogP) is 2.12. The standard InChI is InChI=1S/C10H19NO.ClH/c1-2-4-10(5-3-1)6-7-11-8-9-12-10;/h11H,1-9H2;1H. The van der Waals surface area contributed by atoms with E-state index < -0.39 is 0 Å². The number of hydrogen-bond donors (Lipinski definition) is 1. The smallest absolute Gasteiger partial charge is 0.0695 e. The molecular weight excluding hydrogens is 186 g/mol. The van der Waals surface area contributed by atoms with Crippen LogP contribution in [0.5, 0.6) is 0 Å². The van der Waals surface area contributed by atoms with Crippen LogP contribution >= 0.6 is 12.4 Å². The summed E-state index contributed by atoms with van der Waals surface area (Å²) in [7, 11) is 0. The van der Waals surface area contributed by atoms with Crippen LogP contribution in [0.1, 0.15) is 38.5 Å². The maximum Gasteiger partial charge on any atom is 0.0695 e. The normalized spacial score (nSPS) is 27.7. The fourth-order valence-electron chi connectivity index (χ4n) is 2.44. The van der Waals surface area contributed by atoms with Crippen molar-refractivity contribution in [3.63, 3.8) is 0 Å². The Morgan fingerprint density at radius 3 is 2.46 bits per heavy atom. The van der Waals surface area contributed by atoms with E-state index in [0.717, 1.165) is 19.7 Å². The number of ether oxygens (including phenoxy) is 1. The zero-order valence-electron chi connectivity index (χ0n) is 8.18. The van der Waals surface area contributed by atoms with Gasteiger partial charge in [0.1, 0.15) is 0 Å². The van der Waals surface area contributed by atoms with Crippen LogP contribution in [-0.2, 0) is 4.74 Å². The molecule has 0 aromatic carbocycles. The Morgan fingerprint density at radius 2 is 1.69 bits per heavy atom. The van der Waals surface area contributed by atoms with Crippen molar-refractivity contribution < 1.29 is 4.74 Å². The molecule has 3 heteroatoms. The quantitative estimate of drug-likeness (QED) is 0.654. The van der Waals surface area contributed by atoms with Gasteiger partial charge in [0, 0.05) is 6.54 Å². The molecule has 1 aliphatic carbocycles. The van der Waals surface area contributed by atoms with Crippen molar-refractivity contribution >= 4 is 12.4 Å². The minimum absolute atomic E-state index is 0. The van der Waals surface area contributed by atoms with Gasteiger partial charge in [0.2, 0.25) is 0 Å². The Kier molecular flexibility index (Phi) is 4.50. The zero-order valence-corrected chi connectivity index (χ0v) is 9.00. The van der Waals surface area contributed by atoms with Gasteiger partial charge in [0.25, 0.3) is 0 Å². The van der Waals surface area contributed by atoms with Gasteiger partial charge in [-0.15, -0.1) is 12.4 Å². The van der Waals surface area contributed by atoms with E-state index in [9.17, 15) is 0 Å². The molecular formula is C10H20ClNO. The number of hydrogen-bond acceptors (Lipinski definition) is 2. The lowest BCUT2D eigenvalue weighted by atomic mass is 9.82. The Hall–Kier alpha value is 0.210. The Labute approximate surface area is 86.8 Å². The number of rotatable bonds is 0. The monoisotopic (exact) mass is 205 g/mol. The second kappa shape index (κ2) is 5.18. The van der Waals surface area contributed by atoms with Crippen LogP contribution in [0.15, 0.2) is 0 Å². The molecule has 1 N–H and O–H groups in total. The molecule has 0 bridgehead atoms. The number of halogens is 1. The SMILES string of the molecule is C1CCC2(CC1)CCNCCO2.Cl. The summed E-state index contributed by atoms with van der Waals surface area (Å²) in [5.41, 5.74) is 0.280. The van der Waals surface area contributed by atoms with Gasteiger partial charge >= 0.3 is 0 Å². The largest absolute Gasteiger partial charge is 0.374 e. The lowest BCUT2D eigenvalue weighted by molar-refractivity contribution is -0.0628. The van der Waals surface area contributed by atoms with Crippen LogP contribution in [0.4, 0.5) is 0 Å². The highest BCUT2D eigenvalue weighted by Crippen LogP contribution is 2.34. The molecule has 1 saturated carbocycles. The average molecular weight is 206 g/mol. The number of nitrogens with one attached hydrogen (secondary N) is 1. The van der Waals surface area contributed by atoms with Gasteiger partial charge in [-0.05, 0) is 25.8 Å². The van der Waals surface area contributed by atoms with Gasteiger partial charge < -0.3 is 10.1 Å². The molecule has 1 aliphatic heterocycles. The van der Waals surface area contributed by atoms with Crippen LogP contribution in [0.25, 0.3) is 0 Å². The van der Waals surface area contributed by atoms with E-state index in [0.29, 0.717) is 0 Å². The molecule has 0 aromatic rings. The molecule has 0 radical (unpaired) electrons. The van der Waals surface area contributed by atoms with E-state index in [2.05, 4.69) is 5.32 Å². The highest BCUT2D eigenvalue weighted by Gasteiger charge is 2.33. The molecule has 2 fully saturated rings. The summed E-state index contributed by atoms with van der Waals surface area (Å²) in [6.07, 6.45) is 7.99. The third kappa shape index (κ3) is 2.83. The minimum Gasteiger partial charge on any atom is -0.374 e. The van der Waals surface area contributed by atoms with Crippen LogP contribution in [0.2, 0.25) is 0 Å². The molecule has 0 unspecified atom stereocenters. The summed E-state index contributed by atoms with van der Waals surface area (Å²) in [5.74, 6) is 0. The van der Waals surface area contributed by atoms with E-state index >= 15 is 0 Å². The van der Waals surface area contributed by atoms with Gasteiger partial charge in [-0.2, -0.15) is 0 Å². The third-order valence-corrected chi connectivity index (χ3v) is 3.21. The van der Waals surface area contributed by atoms with E-state index in [4.69, 9.17) is 4.74 Å². The van der Waals surface area contributed by atoms with Gasteiger partial charge in [-0.1, -0.05) is 19.3 Å². The molecule has 2 rings (SSSR count). The minimum atomic E-state index is 0. The van der Waals surface area contributed by atoms with Crippen LogP contribution in [-0.4, -0.2) is 25.3 Å². The fraction of sp³-hybridized carbons (Fsp3) is 1.00. The van der Waals surface area contributed by atoms with E-state index in [1.54, 1.807) is 0 Å². The van der Waals surface area contributed by atoms with Crippen molar-refractivity contribution in [1.82, 2.24) is 5.32 Å². The first-order chi connectivity index (χ1) is 5.91. The zero-order chi connectivity index (χ0) is 8.28. The molecule has 0 amide bonds. The molecule has 1 spiro atoms. The first-order valence-corrected chi connectivity index (χ1v) is 5.26. The Balaban J connectivity index is 0.000000845. The van der Waals surface area contributed by atoms with Gasteiger partial charge in [0.15, 0.2) is 0 Å². The summed E-state index contributed by atoms with van der Waals surface area (Å²) >= 11 is 0. The van der Waals surface area contributed by atoms with Gasteiger partial charge in [-0.25, -0.2) is 0 Å². The van der Waals surface area contributed by atoms with Crippen molar-refractivity contribution in [2.45, 2.75) is 44.1 Å². The molecule has 2 aliphatic rings. The van der Waals surface area contributed by atoms with Crippen LogP contribution in [0, 0.1) is 0 Å². The summed E-state index contributed by atoms with van der Waals surface area (Å²) < 4.78 is 5.97. The topological polar surface area (TPSA) is 21.3 Å². The van der Waals surface area contributed by atoms with Gasteiger partial charge in [0.05, 0.1) is 12.2 Å². The second-order valence-corrected chi connectivity index (χ2v) is 4.09. The van der Waals surface area contributed by atoms with Crippen LogP contribution < -0.4 is 5.32 Å². The third-order valence-electron chi connectivity index (χ3n) is 3.21. The molecule has 1 saturated heterocycles. The van der Waals surface area contributed by atoms with Crippen molar-refractivity contribution in [3.8, 4) is 0 Å². The molecule has 1 heterocycles. The van der Waals surface area contributed by atoms with Crippen molar-refractivity contribution in [2.24, 2.45) is 0 Å². The van der Waals surface area contributed by atoms with E-state index in [-0.39, 0.29) is 18.0 Å². The predicted molar refractivity (Wildman–Crippen MR) is 56.5 cm³/mol. The van der Waals surface area contributed by atoms with E-state index in [1.165, 1.54) is 38.5 Å². The molecule has 0 aromatic heterocycles. The molecule has 78 valence electrons. The summed E-state index contributed by atoms with van der Waals surface area (Å²) in [5, 5.41) is 3.39. The van der Waals surface area contributed by atoms with Gasteiger partial charge in [-0.3, -0.25) is 0 Å². The maximum absolute atomic E-state index is 5.97. The second-order valence-electron chi connectivity index (χ2n) is 4.09. The van der Waals surface area contributed by atoms with E-state index in [1.807, 2.05) is 0 Å². The summed E-state index contributed by atoms with van der Waals surface area (Å²) in [4.78, 5) is 0. The van der Waals surface area contributed by atoms with Crippen molar-refractivity contribution in [1.29, 1.82) is 0 Å². The fourth-order valence-corrected chi connectivity index (χ4v) is 2.44. The van der Waals surface area contributed by atoms with Crippen LogP contribution in [0.3, 0.4) is 0 Å². The maximum atomic E-state index is 5.97. The lowest BCUT2D eigenvalue weighted by Gasteiger charge is -2.35. The molecule has 0 atom stereocenters. The molecule has 13 heavy (non-hydrogen) atoms. The summed E-state index contributed by atoms with van der Waals surface area (Å²) in [6, 6.07) is 0.